The second-order valence-electron chi connectivity index (χ2n) is 9.18. The van der Waals surface area contributed by atoms with Gasteiger partial charge in [0.1, 0.15) is 11.6 Å². The van der Waals surface area contributed by atoms with Crippen molar-refractivity contribution in [3.63, 3.8) is 0 Å². The Morgan fingerprint density at radius 2 is 2.00 bits per heavy atom. The molecule has 1 aliphatic rings. The van der Waals surface area contributed by atoms with E-state index in [0.717, 1.165) is 22.5 Å². The molecule has 1 aliphatic heterocycles. The Bertz CT molecular complexity index is 1220. The number of amides is 1. The van der Waals surface area contributed by atoms with Crippen LogP contribution in [0.3, 0.4) is 0 Å². The van der Waals surface area contributed by atoms with Crippen molar-refractivity contribution in [1.29, 1.82) is 5.26 Å². The molecule has 3 aromatic rings. The molecule has 174 valence electrons. The van der Waals surface area contributed by atoms with Gasteiger partial charge in [-0.1, -0.05) is 42.0 Å². The van der Waals surface area contributed by atoms with Crippen LogP contribution >= 0.6 is 0 Å². The van der Waals surface area contributed by atoms with Crippen LogP contribution in [0.4, 0.5) is 0 Å². The van der Waals surface area contributed by atoms with Crippen molar-refractivity contribution < 1.29 is 9.59 Å². The predicted octanol–water partition coefficient (Wildman–Crippen LogP) is 2.62. The van der Waals surface area contributed by atoms with Gasteiger partial charge < -0.3 is 16.0 Å². The number of nitrogens with two attached hydrogens (primary N) is 1. The number of ketones is 1. The van der Waals surface area contributed by atoms with Crippen molar-refractivity contribution in [1.82, 2.24) is 15.3 Å². The molecular weight excluding hydrogens is 426 g/mol. The maximum Gasteiger partial charge on any atom is 0.224 e. The minimum Gasteiger partial charge on any atom is -0.369 e. The van der Waals surface area contributed by atoms with E-state index in [-0.39, 0.29) is 12.2 Å². The van der Waals surface area contributed by atoms with Crippen molar-refractivity contribution >= 4 is 11.7 Å². The topological polar surface area (TPSA) is 125 Å². The van der Waals surface area contributed by atoms with Crippen LogP contribution in [0.1, 0.15) is 40.2 Å². The molecular formula is C27H29N5O2. The van der Waals surface area contributed by atoms with Crippen LogP contribution in [0, 0.1) is 29.6 Å². The lowest BCUT2D eigenvalue weighted by Crippen LogP contribution is -2.56. The zero-order valence-electron chi connectivity index (χ0n) is 19.3. The summed E-state index contributed by atoms with van der Waals surface area (Å²) >= 11 is 0. The molecule has 4 N–H and O–H groups in total. The van der Waals surface area contributed by atoms with E-state index < -0.39 is 17.2 Å². The molecule has 0 saturated carbocycles. The summed E-state index contributed by atoms with van der Waals surface area (Å²) in [6.07, 6.45) is 3.40. The Hall–Kier alpha value is -3.76. The van der Waals surface area contributed by atoms with E-state index in [2.05, 4.69) is 27.4 Å². The van der Waals surface area contributed by atoms with Crippen molar-refractivity contribution in [2.75, 3.05) is 13.1 Å². The van der Waals surface area contributed by atoms with E-state index in [4.69, 9.17) is 11.0 Å². The first-order valence-corrected chi connectivity index (χ1v) is 11.5. The molecule has 34 heavy (non-hydrogen) atoms. The van der Waals surface area contributed by atoms with Crippen LogP contribution < -0.4 is 11.1 Å². The number of primary amides is 1. The van der Waals surface area contributed by atoms with Crippen LogP contribution in [0.15, 0.2) is 54.7 Å². The minimum atomic E-state index is -0.915. The number of benzene rings is 2. The Morgan fingerprint density at radius 3 is 2.71 bits per heavy atom. The zero-order valence-corrected chi connectivity index (χ0v) is 19.3. The van der Waals surface area contributed by atoms with Gasteiger partial charge in [-0.05, 0) is 49.6 Å². The Balaban J connectivity index is 1.50. The summed E-state index contributed by atoms with van der Waals surface area (Å²) < 4.78 is 0. The second-order valence-corrected chi connectivity index (χ2v) is 9.18. The highest BCUT2D eigenvalue weighted by atomic mass is 16.2. The smallest absolute Gasteiger partial charge is 0.224 e. The number of rotatable bonds is 8. The summed E-state index contributed by atoms with van der Waals surface area (Å²) in [6.45, 7) is 3.09. The largest absolute Gasteiger partial charge is 0.369 e. The number of aromatic nitrogens is 2. The summed E-state index contributed by atoms with van der Waals surface area (Å²) in [7, 11) is 0. The normalized spacial score (nSPS) is 19.9. The van der Waals surface area contributed by atoms with Crippen LogP contribution in [0.2, 0.25) is 0 Å². The van der Waals surface area contributed by atoms with E-state index >= 15 is 0 Å². The summed E-state index contributed by atoms with van der Waals surface area (Å²) in [4.78, 5) is 33.9. The molecule has 4 rings (SSSR count). The molecule has 2 atom stereocenters. The van der Waals surface area contributed by atoms with Crippen molar-refractivity contribution in [3.05, 3.63) is 88.5 Å². The van der Waals surface area contributed by atoms with E-state index in [1.807, 2.05) is 37.3 Å². The van der Waals surface area contributed by atoms with Gasteiger partial charge >= 0.3 is 0 Å². The van der Waals surface area contributed by atoms with Crippen LogP contribution in [0.25, 0.3) is 0 Å². The molecule has 1 saturated heterocycles. The highest BCUT2D eigenvalue weighted by Crippen LogP contribution is 2.38. The zero-order chi connectivity index (χ0) is 24.1. The molecule has 2 unspecified atom stereocenters. The molecule has 0 bridgehead atoms. The molecule has 2 heterocycles. The predicted molar refractivity (Wildman–Crippen MR) is 129 cm³/mol. The number of carbonyl (C=O) groups is 2. The fourth-order valence-corrected chi connectivity index (χ4v) is 4.92. The highest BCUT2D eigenvalue weighted by Gasteiger charge is 2.48. The van der Waals surface area contributed by atoms with Crippen molar-refractivity contribution in [3.8, 4) is 6.07 Å². The third-order valence-electron chi connectivity index (χ3n) is 6.75. The fourth-order valence-electron chi connectivity index (χ4n) is 4.92. The lowest BCUT2D eigenvalue weighted by molar-refractivity contribution is -0.141. The quantitative estimate of drug-likeness (QED) is 0.482. The molecule has 7 heteroatoms. The Kier molecular flexibility index (Phi) is 6.90. The highest BCUT2D eigenvalue weighted by molar-refractivity contribution is 5.92. The van der Waals surface area contributed by atoms with Gasteiger partial charge in [0.2, 0.25) is 5.91 Å². The van der Waals surface area contributed by atoms with E-state index in [9.17, 15) is 9.59 Å². The molecule has 0 radical (unpaired) electrons. The number of nitrogens with one attached hydrogen (secondary N) is 2. The van der Waals surface area contributed by atoms with Gasteiger partial charge in [0.25, 0.3) is 0 Å². The van der Waals surface area contributed by atoms with Gasteiger partial charge in [0.15, 0.2) is 0 Å². The molecule has 1 fully saturated rings. The van der Waals surface area contributed by atoms with E-state index in [0.29, 0.717) is 43.6 Å². The summed E-state index contributed by atoms with van der Waals surface area (Å²) in [6, 6.07) is 17.5. The molecule has 0 aliphatic carbocycles. The lowest BCUT2D eigenvalue weighted by Gasteiger charge is -2.41. The minimum absolute atomic E-state index is 0.0211. The summed E-state index contributed by atoms with van der Waals surface area (Å²) in [5.74, 6) is -0.202. The molecule has 7 nitrogen and oxygen atoms in total. The Labute approximate surface area is 199 Å². The first-order chi connectivity index (χ1) is 16.4. The van der Waals surface area contributed by atoms with Gasteiger partial charge in [-0.2, -0.15) is 5.26 Å². The number of hydrogen-bond acceptors (Lipinski definition) is 5. The maximum absolute atomic E-state index is 13.5. The number of hydrogen-bond donors (Lipinski definition) is 3. The SMILES string of the molecule is Cc1cccc(CC2(C(N)=O)CCNCC2C(=O)Cc2cnc(Cc3ccc(C#N)cc3)[nH]2)c1. The van der Waals surface area contributed by atoms with Gasteiger partial charge in [-0.25, -0.2) is 4.98 Å². The van der Waals surface area contributed by atoms with E-state index in [1.54, 1.807) is 18.3 Å². The molecule has 1 aromatic heterocycles. The van der Waals surface area contributed by atoms with Gasteiger partial charge in [-0.3, -0.25) is 9.59 Å². The fraction of sp³-hybridized carbons (Fsp3) is 0.333. The molecule has 2 aromatic carbocycles. The van der Waals surface area contributed by atoms with Gasteiger partial charge in [0, 0.05) is 37.2 Å². The number of nitrogens with zero attached hydrogens (tertiary/aromatic N) is 2. The number of aryl methyl sites for hydroxylation is 1. The number of nitriles is 1. The number of imidazole rings is 1. The monoisotopic (exact) mass is 455 g/mol. The first-order valence-electron chi connectivity index (χ1n) is 11.5. The van der Waals surface area contributed by atoms with Crippen molar-refractivity contribution in [2.45, 2.75) is 32.6 Å². The number of aromatic amines is 1. The summed E-state index contributed by atoms with van der Waals surface area (Å²) in [5, 5.41) is 12.2. The number of carbonyl (C=O) groups excluding carboxylic acids is 2. The standard InChI is InChI=1S/C27H29N5O2/c1-18-3-2-4-21(11-18)14-27(26(29)34)9-10-30-17-23(27)24(33)13-22-16-31-25(32-22)12-19-5-7-20(15-28)8-6-19/h2-8,11,16,23,30H,9-10,12-14,17H2,1H3,(H2,29,34)(H,31,32). The van der Waals surface area contributed by atoms with Crippen LogP contribution in [-0.4, -0.2) is 34.7 Å². The third-order valence-corrected chi connectivity index (χ3v) is 6.75. The molecule has 0 spiro atoms. The average Bonchev–Trinajstić information content (AvgIpc) is 3.26. The average molecular weight is 456 g/mol. The van der Waals surface area contributed by atoms with E-state index in [1.165, 1.54) is 0 Å². The first kappa shape index (κ1) is 23.4. The third kappa shape index (κ3) is 5.08. The second kappa shape index (κ2) is 10.0. The van der Waals surface area contributed by atoms with Crippen molar-refractivity contribution in [2.24, 2.45) is 17.1 Å². The van der Waals surface area contributed by atoms with Crippen LogP contribution in [0.5, 0.6) is 0 Å². The van der Waals surface area contributed by atoms with Gasteiger partial charge in [-0.15, -0.1) is 0 Å². The van der Waals surface area contributed by atoms with Gasteiger partial charge in [0.05, 0.1) is 17.0 Å². The number of piperidine rings is 1. The maximum atomic E-state index is 13.5. The number of H-pyrrole nitrogens is 1. The van der Waals surface area contributed by atoms with Crippen LogP contribution in [-0.2, 0) is 28.9 Å². The lowest BCUT2D eigenvalue weighted by atomic mass is 9.64. The Morgan fingerprint density at radius 1 is 1.21 bits per heavy atom. The molecule has 1 amide bonds. The number of Topliss-reactive ketones (excluding diaryl/α,β-unsaturated/α-hetero) is 1. The summed E-state index contributed by atoms with van der Waals surface area (Å²) in [5.41, 5.74) is 9.52.